The molecule has 2 aromatic carbocycles. The van der Waals surface area contributed by atoms with Crippen molar-refractivity contribution in [2.45, 2.75) is 32.5 Å². The summed E-state index contributed by atoms with van der Waals surface area (Å²) in [6.45, 7) is 6.26. The molecule has 1 heterocycles. The molecule has 2 aromatic rings. The molecule has 0 spiro atoms. The number of carbonyl (C=O) groups excluding carboxylic acids is 2. The number of urea groups is 1. The van der Waals surface area contributed by atoms with Crippen molar-refractivity contribution >= 4 is 17.6 Å². The monoisotopic (exact) mass is 382 g/mol. The van der Waals surface area contributed by atoms with Gasteiger partial charge in [0.05, 0.1) is 0 Å². The molecular weight excluding hydrogens is 356 g/mol. The smallest absolute Gasteiger partial charge is 0.321 e. The zero-order valence-corrected chi connectivity index (χ0v) is 16.1. The molecule has 7 heteroatoms. The Kier molecular flexibility index (Phi) is 6.28. The quantitative estimate of drug-likeness (QED) is 0.561. The normalized spacial score (nSPS) is 19.9. The lowest BCUT2D eigenvalue weighted by molar-refractivity contribution is 0.0526. The van der Waals surface area contributed by atoms with Crippen LogP contribution in [0.15, 0.2) is 54.6 Å². The largest absolute Gasteiger partial charge is 0.321 e. The van der Waals surface area contributed by atoms with Crippen LogP contribution >= 0.6 is 0 Å². The molecule has 2 atom stereocenters. The van der Waals surface area contributed by atoms with Gasteiger partial charge in [-0.25, -0.2) is 10.3 Å². The summed E-state index contributed by atoms with van der Waals surface area (Å²) in [6, 6.07) is 16.9. The SMILES string of the molecule is CC1CN(C(=O)Nc2ccccc2)C[C@H](C)N1Cc1ccc(C(=O)NO)cc1. The highest BCUT2D eigenvalue weighted by Crippen LogP contribution is 2.20. The molecule has 1 unspecified atom stereocenters. The number of carbonyl (C=O) groups is 2. The van der Waals surface area contributed by atoms with Crippen molar-refractivity contribution in [1.82, 2.24) is 15.3 Å². The number of nitrogens with zero attached hydrogens (tertiary/aromatic N) is 2. The standard InChI is InChI=1S/C21H26N4O3/c1-15-12-24(21(27)22-19-6-4-3-5-7-19)13-16(2)25(15)14-17-8-10-18(11-9-17)20(26)23-28/h3-11,15-16,28H,12-14H2,1-2H3,(H,22,27)(H,23,26)/t15-,16?/m0/s1. The van der Waals surface area contributed by atoms with Gasteiger partial charge in [0, 0.05) is 43.0 Å². The minimum absolute atomic E-state index is 0.0797. The number of piperazine rings is 1. The van der Waals surface area contributed by atoms with Crippen molar-refractivity contribution in [3.63, 3.8) is 0 Å². The van der Waals surface area contributed by atoms with Gasteiger partial charge in [0.15, 0.2) is 0 Å². The molecule has 3 N–H and O–H groups in total. The van der Waals surface area contributed by atoms with Crippen LogP contribution in [0, 0.1) is 0 Å². The first-order valence-electron chi connectivity index (χ1n) is 9.38. The third-order valence-corrected chi connectivity index (χ3v) is 5.10. The molecule has 7 nitrogen and oxygen atoms in total. The molecule has 0 aliphatic carbocycles. The molecule has 148 valence electrons. The molecule has 3 amide bonds. The topological polar surface area (TPSA) is 84.9 Å². The number of anilines is 1. The van der Waals surface area contributed by atoms with Gasteiger partial charge in [-0.05, 0) is 43.7 Å². The predicted molar refractivity (Wildman–Crippen MR) is 107 cm³/mol. The zero-order chi connectivity index (χ0) is 20.1. The van der Waals surface area contributed by atoms with E-state index in [1.165, 1.54) is 0 Å². The molecule has 0 radical (unpaired) electrons. The number of rotatable bonds is 4. The molecule has 1 saturated heterocycles. The lowest BCUT2D eigenvalue weighted by Gasteiger charge is -2.44. The fourth-order valence-electron chi connectivity index (χ4n) is 3.60. The summed E-state index contributed by atoms with van der Waals surface area (Å²) >= 11 is 0. The van der Waals surface area contributed by atoms with E-state index in [0.29, 0.717) is 18.7 Å². The molecule has 0 saturated carbocycles. The maximum Gasteiger partial charge on any atom is 0.321 e. The summed E-state index contributed by atoms with van der Waals surface area (Å²) in [6.07, 6.45) is 0. The van der Waals surface area contributed by atoms with Crippen LogP contribution in [0.3, 0.4) is 0 Å². The van der Waals surface area contributed by atoms with Crippen LogP contribution < -0.4 is 10.8 Å². The van der Waals surface area contributed by atoms with Gasteiger partial charge >= 0.3 is 6.03 Å². The van der Waals surface area contributed by atoms with E-state index in [2.05, 4.69) is 24.1 Å². The van der Waals surface area contributed by atoms with Gasteiger partial charge in [-0.3, -0.25) is 14.9 Å². The molecular formula is C21H26N4O3. The van der Waals surface area contributed by atoms with E-state index in [1.807, 2.05) is 47.4 Å². The molecule has 1 fully saturated rings. The van der Waals surface area contributed by atoms with Crippen LogP contribution in [0.25, 0.3) is 0 Å². The number of nitrogens with one attached hydrogen (secondary N) is 2. The lowest BCUT2D eigenvalue weighted by atomic mass is 10.1. The summed E-state index contributed by atoms with van der Waals surface area (Å²) in [7, 11) is 0. The molecule has 0 bridgehead atoms. The molecule has 0 aromatic heterocycles. The summed E-state index contributed by atoms with van der Waals surface area (Å²) in [5, 5.41) is 11.7. The number of hydrogen-bond acceptors (Lipinski definition) is 4. The third kappa shape index (κ3) is 4.68. The summed E-state index contributed by atoms with van der Waals surface area (Å²) < 4.78 is 0. The van der Waals surface area contributed by atoms with Crippen molar-refractivity contribution < 1.29 is 14.8 Å². The predicted octanol–water partition coefficient (Wildman–Crippen LogP) is 2.93. The van der Waals surface area contributed by atoms with Crippen LogP contribution in [0.5, 0.6) is 0 Å². The summed E-state index contributed by atoms with van der Waals surface area (Å²) in [4.78, 5) is 28.2. The number of hydroxylamine groups is 1. The second-order valence-electron chi connectivity index (χ2n) is 7.21. The highest BCUT2D eigenvalue weighted by molar-refractivity contribution is 5.93. The average molecular weight is 382 g/mol. The summed E-state index contributed by atoms with van der Waals surface area (Å²) in [5.41, 5.74) is 3.92. The van der Waals surface area contributed by atoms with Gasteiger partial charge in [-0.15, -0.1) is 0 Å². The van der Waals surface area contributed by atoms with Crippen LogP contribution in [0.4, 0.5) is 10.5 Å². The Morgan fingerprint density at radius 3 is 2.18 bits per heavy atom. The number of benzene rings is 2. The van der Waals surface area contributed by atoms with Gasteiger partial charge in [0.1, 0.15) is 0 Å². The Hall–Kier alpha value is -2.90. The Bertz CT molecular complexity index is 798. The highest BCUT2D eigenvalue weighted by Gasteiger charge is 2.31. The van der Waals surface area contributed by atoms with Crippen LogP contribution in [0.2, 0.25) is 0 Å². The maximum absolute atomic E-state index is 12.6. The van der Waals surface area contributed by atoms with Crippen LogP contribution in [0.1, 0.15) is 29.8 Å². The molecule has 28 heavy (non-hydrogen) atoms. The van der Waals surface area contributed by atoms with E-state index in [4.69, 9.17) is 5.21 Å². The van der Waals surface area contributed by atoms with E-state index >= 15 is 0 Å². The van der Waals surface area contributed by atoms with Crippen LogP contribution in [-0.2, 0) is 6.54 Å². The van der Waals surface area contributed by atoms with Crippen molar-refractivity contribution in [1.29, 1.82) is 0 Å². The Balaban J connectivity index is 1.60. The van der Waals surface area contributed by atoms with Gasteiger partial charge in [0.2, 0.25) is 0 Å². The first-order chi connectivity index (χ1) is 13.5. The molecule has 1 aliphatic rings. The molecule has 3 rings (SSSR count). The van der Waals surface area contributed by atoms with Crippen molar-refractivity contribution in [2.24, 2.45) is 0 Å². The Labute approximate surface area is 164 Å². The first kappa shape index (κ1) is 19.9. The van der Waals surface area contributed by atoms with E-state index < -0.39 is 5.91 Å². The minimum Gasteiger partial charge on any atom is -0.321 e. The number of hydrogen-bond donors (Lipinski definition) is 3. The van der Waals surface area contributed by atoms with Crippen molar-refractivity contribution in [2.75, 3.05) is 18.4 Å². The van der Waals surface area contributed by atoms with E-state index in [9.17, 15) is 9.59 Å². The lowest BCUT2D eigenvalue weighted by Crippen LogP contribution is -2.58. The van der Waals surface area contributed by atoms with Crippen molar-refractivity contribution in [3.05, 3.63) is 65.7 Å². The number of amides is 3. The van der Waals surface area contributed by atoms with Gasteiger partial charge < -0.3 is 10.2 Å². The van der Waals surface area contributed by atoms with Gasteiger partial charge in [-0.2, -0.15) is 0 Å². The fraction of sp³-hybridized carbons (Fsp3) is 0.333. The summed E-state index contributed by atoms with van der Waals surface area (Å²) in [5.74, 6) is -0.522. The van der Waals surface area contributed by atoms with E-state index in [-0.39, 0.29) is 18.1 Å². The minimum atomic E-state index is -0.522. The van der Waals surface area contributed by atoms with Gasteiger partial charge in [-0.1, -0.05) is 30.3 Å². The third-order valence-electron chi connectivity index (χ3n) is 5.10. The zero-order valence-electron chi connectivity index (χ0n) is 16.1. The van der Waals surface area contributed by atoms with E-state index in [1.54, 1.807) is 17.6 Å². The maximum atomic E-state index is 12.6. The second-order valence-corrected chi connectivity index (χ2v) is 7.21. The second kappa shape index (κ2) is 8.86. The first-order valence-corrected chi connectivity index (χ1v) is 9.38. The fourth-order valence-corrected chi connectivity index (χ4v) is 3.60. The highest BCUT2D eigenvalue weighted by atomic mass is 16.5. The van der Waals surface area contributed by atoms with Gasteiger partial charge in [0.25, 0.3) is 5.91 Å². The Morgan fingerprint density at radius 1 is 1.00 bits per heavy atom. The Morgan fingerprint density at radius 2 is 1.61 bits per heavy atom. The average Bonchev–Trinajstić information content (AvgIpc) is 2.71. The van der Waals surface area contributed by atoms with E-state index in [0.717, 1.165) is 17.8 Å². The van der Waals surface area contributed by atoms with Crippen LogP contribution in [-0.4, -0.2) is 52.1 Å². The molecule has 1 aliphatic heterocycles. The van der Waals surface area contributed by atoms with Crippen molar-refractivity contribution in [3.8, 4) is 0 Å². The number of para-hydroxylation sites is 1.